The van der Waals surface area contributed by atoms with Gasteiger partial charge in [0.25, 0.3) is 0 Å². The summed E-state index contributed by atoms with van der Waals surface area (Å²) in [6, 6.07) is 21.6. The molecule has 0 bridgehead atoms. The molecule has 4 nitrogen and oxygen atoms in total. The fraction of sp³-hybridized carbons (Fsp3) is 0.167. The van der Waals surface area contributed by atoms with Crippen LogP contribution in [0.2, 0.25) is 0 Å². The van der Waals surface area contributed by atoms with Crippen LogP contribution in [-0.2, 0) is 4.79 Å². The number of anilines is 1. The molecule has 0 saturated carbocycles. The lowest BCUT2D eigenvalue weighted by molar-refractivity contribution is -0.115. The summed E-state index contributed by atoms with van der Waals surface area (Å²) in [4.78, 5) is 12.1. The van der Waals surface area contributed by atoms with Crippen LogP contribution in [0.5, 0.6) is 0 Å². The molecule has 1 atom stereocenters. The first-order chi connectivity index (χ1) is 14.0. The Kier molecular flexibility index (Phi) is 6.98. The zero-order valence-corrected chi connectivity index (χ0v) is 17.3. The van der Waals surface area contributed by atoms with Gasteiger partial charge in [-0.15, -0.1) is 0 Å². The molecular formula is C24H24N2O2S. The van der Waals surface area contributed by atoms with Crippen molar-refractivity contribution in [2.75, 3.05) is 5.32 Å². The van der Waals surface area contributed by atoms with Crippen molar-refractivity contribution in [1.82, 2.24) is 5.32 Å². The molecule has 1 unspecified atom stereocenters. The topological polar surface area (TPSA) is 54.3 Å². The summed E-state index contributed by atoms with van der Waals surface area (Å²) < 4.78 is 5.75. The number of hydrogen-bond donors (Lipinski definition) is 2. The van der Waals surface area contributed by atoms with E-state index in [9.17, 15) is 4.79 Å². The molecule has 0 spiro atoms. The number of nitrogens with one attached hydrogen (secondary N) is 2. The molecule has 2 aromatic carbocycles. The molecule has 1 heterocycles. The van der Waals surface area contributed by atoms with Crippen molar-refractivity contribution in [2.45, 2.75) is 26.2 Å². The predicted octanol–water partition coefficient (Wildman–Crippen LogP) is 5.99. The molecule has 0 radical (unpaired) electrons. The molecule has 1 amide bonds. The highest BCUT2D eigenvalue weighted by molar-refractivity contribution is 7.80. The summed E-state index contributed by atoms with van der Waals surface area (Å²) in [5.74, 6) is 1.54. The van der Waals surface area contributed by atoms with Crippen molar-refractivity contribution in [3.63, 3.8) is 0 Å². The SMILES string of the molecule is CCC(C)c1ccc(NC(=S)NC(=O)/C=C/c2ccc(-c3ccccc3)o2)cc1. The molecule has 3 aromatic rings. The zero-order chi connectivity index (χ0) is 20.6. The van der Waals surface area contributed by atoms with Gasteiger partial charge in [0, 0.05) is 17.3 Å². The van der Waals surface area contributed by atoms with Gasteiger partial charge in [0.05, 0.1) is 0 Å². The van der Waals surface area contributed by atoms with Crippen molar-refractivity contribution in [2.24, 2.45) is 0 Å². The number of hydrogen-bond acceptors (Lipinski definition) is 3. The Hall–Kier alpha value is -3.18. The zero-order valence-electron chi connectivity index (χ0n) is 16.5. The van der Waals surface area contributed by atoms with Gasteiger partial charge in [-0.3, -0.25) is 10.1 Å². The number of carbonyl (C=O) groups excluding carboxylic acids is 1. The summed E-state index contributed by atoms with van der Waals surface area (Å²) in [5, 5.41) is 5.91. The Balaban J connectivity index is 1.52. The number of furan rings is 1. The molecule has 0 fully saturated rings. The van der Waals surface area contributed by atoms with Gasteiger partial charge in [0.15, 0.2) is 5.11 Å². The maximum Gasteiger partial charge on any atom is 0.250 e. The van der Waals surface area contributed by atoms with Gasteiger partial charge in [-0.25, -0.2) is 0 Å². The van der Waals surface area contributed by atoms with E-state index in [-0.39, 0.29) is 11.0 Å². The molecule has 3 rings (SSSR count). The summed E-state index contributed by atoms with van der Waals surface area (Å²) >= 11 is 5.22. The third kappa shape index (κ3) is 5.90. The van der Waals surface area contributed by atoms with E-state index in [4.69, 9.17) is 16.6 Å². The van der Waals surface area contributed by atoms with Crippen LogP contribution in [-0.4, -0.2) is 11.0 Å². The largest absolute Gasteiger partial charge is 0.457 e. The van der Waals surface area contributed by atoms with Crippen molar-refractivity contribution < 1.29 is 9.21 Å². The molecular weight excluding hydrogens is 380 g/mol. The highest BCUT2D eigenvalue weighted by Gasteiger charge is 2.06. The highest BCUT2D eigenvalue weighted by atomic mass is 32.1. The first-order valence-electron chi connectivity index (χ1n) is 9.60. The molecule has 2 N–H and O–H groups in total. The van der Waals surface area contributed by atoms with Crippen LogP contribution >= 0.6 is 12.2 Å². The van der Waals surface area contributed by atoms with E-state index >= 15 is 0 Å². The predicted molar refractivity (Wildman–Crippen MR) is 123 cm³/mol. The third-order valence-electron chi connectivity index (χ3n) is 4.67. The Morgan fingerprint density at radius 3 is 2.48 bits per heavy atom. The first-order valence-corrected chi connectivity index (χ1v) is 10.0. The molecule has 0 aliphatic rings. The Morgan fingerprint density at radius 2 is 1.79 bits per heavy atom. The Bertz CT molecular complexity index is 991. The lowest BCUT2D eigenvalue weighted by Gasteiger charge is -2.11. The van der Waals surface area contributed by atoms with Crippen molar-refractivity contribution in [3.8, 4) is 11.3 Å². The van der Waals surface area contributed by atoms with Crippen LogP contribution in [0.15, 0.2) is 77.2 Å². The average molecular weight is 405 g/mol. The molecule has 5 heteroatoms. The van der Waals surface area contributed by atoms with Crippen molar-refractivity contribution in [3.05, 3.63) is 84.1 Å². The van der Waals surface area contributed by atoms with E-state index in [0.717, 1.165) is 23.4 Å². The number of thiocarbonyl (C=S) groups is 1. The number of carbonyl (C=O) groups is 1. The molecule has 0 saturated heterocycles. The van der Waals surface area contributed by atoms with Gasteiger partial charge >= 0.3 is 0 Å². The summed E-state index contributed by atoms with van der Waals surface area (Å²) in [6.07, 6.45) is 4.11. The van der Waals surface area contributed by atoms with Gasteiger partial charge in [0.1, 0.15) is 11.5 Å². The minimum absolute atomic E-state index is 0.250. The van der Waals surface area contributed by atoms with Gasteiger partial charge in [0.2, 0.25) is 5.91 Å². The van der Waals surface area contributed by atoms with Crippen LogP contribution in [0.3, 0.4) is 0 Å². The molecule has 1 aromatic heterocycles. The second-order valence-electron chi connectivity index (χ2n) is 6.78. The van der Waals surface area contributed by atoms with Gasteiger partial charge in [-0.1, -0.05) is 56.3 Å². The standard InChI is InChI=1S/C24H24N2O2S/c1-3-17(2)18-9-11-20(12-10-18)25-24(29)26-23(27)16-14-21-13-15-22(28-21)19-7-5-4-6-8-19/h4-17H,3H2,1-2H3,(H2,25,26,27,29)/b16-14+. The smallest absolute Gasteiger partial charge is 0.250 e. The molecule has 29 heavy (non-hydrogen) atoms. The lowest BCUT2D eigenvalue weighted by Crippen LogP contribution is -2.32. The summed E-state index contributed by atoms with van der Waals surface area (Å²) in [6.45, 7) is 4.36. The van der Waals surface area contributed by atoms with E-state index in [0.29, 0.717) is 11.7 Å². The maximum absolute atomic E-state index is 12.1. The normalized spacial score (nSPS) is 11.9. The van der Waals surface area contributed by atoms with E-state index in [1.165, 1.54) is 11.6 Å². The van der Waals surface area contributed by atoms with E-state index in [1.807, 2.05) is 54.6 Å². The van der Waals surface area contributed by atoms with Crippen molar-refractivity contribution in [1.29, 1.82) is 0 Å². The fourth-order valence-corrected chi connectivity index (χ4v) is 3.02. The minimum Gasteiger partial charge on any atom is -0.457 e. The molecule has 148 valence electrons. The second-order valence-corrected chi connectivity index (χ2v) is 7.18. The summed E-state index contributed by atoms with van der Waals surface area (Å²) in [5.41, 5.74) is 3.11. The Labute approximate surface area is 176 Å². The van der Waals surface area contributed by atoms with E-state index in [1.54, 1.807) is 6.08 Å². The number of rotatable bonds is 6. The molecule has 0 aliphatic carbocycles. The van der Waals surface area contributed by atoms with Crippen LogP contribution < -0.4 is 10.6 Å². The van der Waals surface area contributed by atoms with Crippen LogP contribution in [0.25, 0.3) is 17.4 Å². The summed E-state index contributed by atoms with van der Waals surface area (Å²) in [7, 11) is 0. The van der Waals surface area contributed by atoms with Gasteiger partial charge < -0.3 is 9.73 Å². The first kappa shape index (κ1) is 20.6. The Morgan fingerprint density at radius 1 is 1.07 bits per heavy atom. The molecule has 0 aliphatic heterocycles. The van der Waals surface area contributed by atoms with Crippen LogP contribution in [0.4, 0.5) is 5.69 Å². The van der Waals surface area contributed by atoms with E-state index < -0.39 is 0 Å². The fourth-order valence-electron chi connectivity index (χ4n) is 2.80. The third-order valence-corrected chi connectivity index (χ3v) is 4.87. The quantitative estimate of drug-likeness (QED) is 0.392. The van der Waals surface area contributed by atoms with Crippen LogP contribution in [0.1, 0.15) is 37.5 Å². The van der Waals surface area contributed by atoms with E-state index in [2.05, 4.69) is 36.6 Å². The maximum atomic E-state index is 12.1. The lowest BCUT2D eigenvalue weighted by atomic mass is 9.99. The number of benzene rings is 2. The van der Waals surface area contributed by atoms with Gasteiger partial charge in [-0.2, -0.15) is 0 Å². The average Bonchev–Trinajstić information content (AvgIpc) is 3.22. The van der Waals surface area contributed by atoms with Crippen LogP contribution in [0, 0.1) is 0 Å². The highest BCUT2D eigenvalue weighted by Crippen LogP contribution is 2.22. The van der Waals surface area contributed by atoms with Gasteiger partial charge in [-0.05, 0) is 60.5 Å². The van der Waals surface area contributed by atoms with Crippen molar-refractivity contribution >= 4 is 35.0 Å². The monoisotopic (exact) mass is 404 g/mol. The second kappa shape index (κ2) is 9.85. The number of amides is 1. The minimum atomic E-state index is -0.323.